The molecule has 11 heavy (non-hydrogen) atoms. The Bertz CT molecular complexity index is 260. The minimum Gasteiger partial charge on any atom is -0.205 e. The Kier molecular flexibility index (Phi) is 2.68. The fourth-order valence-electron chi connectivity index (χ4n) is 0.966. The largest absolute Gasteiger partial charge is 0.205 e. The average Bonchev–Trinajstić information content (AvgIpc) is 1.94. The minimum absolute atomic E-state index is 0.287. The van der Waals surface area contributed by atoms with Gasteiger partial charge in [-0.3, -0.25) is 0 Å². The number of rotatable bonds is 1. The van der Waals surface area contributed by atoms with Crippen molar-refractivity contribution < 1.29 is 4.39 Å². The summed E-state index contributed by atoms with van der Waals surface area (Å²) < 4.78 is 12.8. The van der Waals surface area contributed by atoms with Crippen molar-refractivity contribution in [2.24, 2.45) is 0 Å². The number of hydrogen-bond donors (Lipinski definition) is 0. The van der Waals surface area contributed by atoms with Gasteiger partial charge in [-0.2, -0.15) is 0 Å². The highest BCUT2D eigenvalue weighted by molar-refractivity contribution is 6.32. The van der Waals surface area contributed by atoms with Crippen molar-refractivity contribution in [3.05, 3.63) is 34.6 Å². The van der Waals surface area contributed by atoms with Crippen molar-refractivity contribution in [3.63, 3.8) is 0 Å². The number of hydrogen-bond acceptors (Lipinski definition) is 0. The van der Waals surface area contributed by atoms with E-state index in [1.165, 1.54) is 6.07 Å². The van der Waals surface area contributed by atoms with E-state index in [0.717, 1.165) is 15.8 Å². The van der Waals surface area contributed by atoms with Gasteiger partial charge in [0, 0.05) is 10.2 Å². The van der Waals surface area contributed by atoms with Gasteiger partial charge in [0.1, 0.15) is 5.82 Å². The van der Waals surface area contributed by atoms with Gasteiger partial charge >= 0.3 is 0 Å². The van der Waals surface area contributed by atoms with Crippen LogP contribution >= 0.6 is 11.6 Å². The second-order valence-electron chi connectivity index (χ2n) is 2.80. The quantitative estimate of drug-likeness (QED) is 0.591. The van der Waals surface area contributed by atoms with Gasteiger partial charge in [-0.25, -0.2) is 4.39 Å². The van der Waals surface area contributed by atoms with Gasteiger partial charge in [0.25, 0.3) is 0 Å². The zero-order valence-electron chi connectivity index (χ0n) is 6.57. The molecular formula is C8H10ClFSi. The molecule has 0 radical (unpaired) electrons. The van der Waals surface area contributed by atoms with Crippen molar-refractivity contribution >= 4 is 21.8 Å². The molecule has 0 fully saturated rings. The van der Waals surface area contributed by atoms with Gasteiger partial charge in [0.05, 0.1) is 5.02 Å². The van der Waals surface area contributed by atoms with Gasteiger partial charge in [-0.05, 0) is 17.2 Å². The zero-order valence-corrected chi connectivity index (χ0v) is 9.32. The van der Waals surface area contributed by atoms with Crippen LogP contribution < -0.4 is 0 Å². The minimum atomic E-state index is -0.313. The third-order valence-electron chi connectivity index (χ3n) is 1.60. The van der Waals surface area contributed by atoms with Gasteiger partial charge < -0.3 is 0 Å². The normalized spacial score (nSPS) is 13.4. The molecule has 60 valence electrons. The Hall–Kier alpha value is -0.343. The lowest BCUT2D eigenvalue weighted by Gasteiger charge is -2.07. The van der Waals surface area contributed by atoms with Crippen LogP contribution in [-0.2, 0) is 0 Å². The molecule has 0 nitrogen and oxygen atoms in total. The van der Waals surface area contributed by atoms with Crippen LogP contribution in [0.5, 0.6) is 0 Å². The van der Waals surface area contributed by atoms with Crippen LogP contribution in [0, 0.1) is 5.82 Å². The molecule has 0 amide bonds. The summed E-state index contributed by atoms with van der Waals surface area (Å²) in [5, 5.41) is 0.287. The van der Waals surface area contributed by atoms with Gasteiger partial charge in [0.15, 0.2) is 0 Å². The summed E-state index contributed by atoms with van der Waals surface area (Å²) in [5.41, 5.74) is 1.34. The molecule has 0 saturated heterocycles. The van der Waals surface area contributed by atoms with Crippen molar-refractivity contribution in [1.82, 2.24) is 0 Å². The molecule has 0 saturated carbocycles. The molecule has 1 atom stereocenters. The van der Waals surface area contributed by atoms with Crippen LogP contribution in [0.1, 0.15) is 18.0 Å². The zero-order chi connectivity index (χ0) is 8.43. The molecule has 0 heterocycles. The van der Waals surface area contributed by atoms with E-state index in [1.54, 1.807) is 6.07 Å². The Balaban J connectivity index is 3.17. The van der Waals surface area contributed by atoms with Crippen molar-refractivity contribution in [2.75, 3.05) is 0 Å². The Labute approximate surface area is 73.8 Å². The molecule has 0 aromatic heterocycles. The smallest absolute Gasteiger partial charge is 0.142 e. The molecule has 0 aliphatic carbocycles. The summed E-state index contributed by atoms with van der Waals surface area (Å²) in [6.07, 6.45) is 0. The average molecular weight is 189 g/mol. The molecule has 0 bridgehead atoms. The SMILES string of the molecule is CC([SiH3])c1cccc(F)c1Cl. The molecule has 0 N–H and O–H groups in total. The summed E-state index contributed by atoms with van der Waals surface area (Å²) in [6, 6.07) is 4.96. The van der Waals surface area contributed by atoms with E-state index in [0.29, 0.717) is 5.54 Å². The van der Waals surface area contributed by atoms with Gasteiger partial charge in [-0.1, -0.05) is 30.7 Å². The summed E-state index contributed by atoms with van der Waals surface area (Å²) in [4.78, 5) is 0. The van der Waals surface area contributed by atoms with Crippen LogP contribution in [0.25, 0.3) is 0 Å². The van der Waals surface area contributed by atoms with E-state index in [1.807, 2.05) is 13.0 Å². The van der Waals surface area contributed by atoms with E-state index in [-0.39, 0.29) is 10.8 Å². The summed E-state index contributed by atoms with van der Waals surface area (Å²) in [5.74, 6) is -0.313. The van der Waals surface area contributed by atoms with E-state index in [9.17, 15) is 4.39 Å². The predicted molar refractivity (Wildman–Crippen MR) is 49.8 cm³/mol. The topological polar surface area (TPSA) is 0 Å². The monoisotopic (exact) mass is 188 g/mol. The highest BCUT2D eigenvalue weighted by Crippen LogP contribution is 2.24. The van der Waals surface area contributed by atoms with E-state index in [4.69, 9.17) is 11.6 Å². The second kappa shape index (κ2) is 3.37. The highest BCUT2D eigenvalue weighted by atomic mass is 35.5. The van der Waals surface area contributed by atoms with Gasteiger partial charge in [0.2, 0.25) is 0 Å². The first kappa shape index (κ1) is 8.75. The van der Waals surface area contributed by atoms with Crippen LogP contribution in [0.4, 0.5) is 4.39 Å². The molecule has 0 aliphatic heterocycles. The van der Waals surface area contributed by atoms with Crippen LogP contribution in [0.3, 0.4) is 0 Å². The third-order valence-corrected chi connectivity index (χ3v) is 2.62. The molecule has 1 rings (SSSR count). The van der Waals surface area contributed by atoms with E-state index < -0.39 is 0 Å². The lowest BCUT2D eigenvalue weighted by molar-refractivity contribution is 0.626. The highest BCUT2D eigenvalue weighted by Gasteiger charge is 2.07. The Morgan fingerprint density at radius 2 is 2.18 bits per heavy atom. The molecule has 1 aromatic carbocycles. The maximum Gasteiger partial charge on any atom is 0.142 e. The number of halogens is 2. The molecule has 1 unspecified atom stereocenters. The van der Waals surface area contributed by atoms with Crippen molar-refractivity contribution in [1.29, 1.82) is 0 Å². The first-order chi connectivity index (χ1) is 5.13. The molecular weight excluding hydrogens is 179 g/mol. The molecule has 1 aromatic rings. The fraction of sp³-hybridized carbons (Fsp3) is 0.250. The van der Waals surface area contributed by atoms with Crippen LogP contribution in [-0.4, -0.2) is 10.2 Å². The summed E-state index contributed by atoms with van der Waals surface area (Å²) in [7, 11) is 1.00. The standard InChI is InChI=1S/C8H10ClFSi/c1-5(11)6-3-2-4-7(10)8(6)9/h2-5H,1,11H3. The van der Waals surface area contributed by atoms with Crippen LogP contribution in [0.2, 0.25) is 5.02 Å². The first-order valence-electron chi connectivity index (χ1n) is 3.57. The van der Waals surface area contributed by atoms with E-state index >= 15 is 0 Å². The Morgan fingerprint density at radius 1 is 1.55 bits per heavy atom. The predicted octanol–water partition coefficient (Wildman–Crippen LogP) is 1.91. The van der Waals surface area contributed by atoms with Crippen molar-refractivity contribution in [3.8, 4) is 0 Å². The summed E-state index contributed by atoms with van der Waals surface area (Å²) in [6.45, 7) is 2.05. The lowest BCUT2D eigenvalue weighted by Crippen LogP contribution is -1.94. The second-order valence-corrected chi connectivity index (χ2v) is 4.91. The Morgan fingerprint density at radius 3 is 2.64 bits per heavy atom. The number of benzene rings is 1. The maximum atomic E-state index is 12.8. The maximum absolute atomic E-state index is 12.8. The van der Waals surface area contributed by atoms with Crippen LogP contribution in [0.15, 0.2) is 18.2 Å². The summed E-state index contributed by atoms with van der Waals surface area (Å²) >= 11 is 5.74. The molecule has 3 heteroatoms. The third kappa shape index (κ3) is 1.82. The van der Waals surface area contributed by atoms with E-state index in [2.05, 4.69) is 0 Å². The lowest BCUT2D eigenvalue weighted by atomic mass is 10.1. The fourth-order valence-corrected chi connectivity index (χ4v) is 1.97. The first-order valence-corrected chi connectivity index (χ1v) is 5.10. The van der Waals surface area contributed by atoms with Crippen molar-refractivity contribution in [2.45, 2.75) is 12.5 Å². The molecule has 0 aliphatic rings. The molecule has 0 spiro atoms. The van der Waals surface area contributed by atoms with Gasteiger partial charge in [-0.15, -0.1) is 0 Å².